The summed E-state index contributed by atoms with van der Waals surface area (Å²) < 4.78 is 7.50. The molecule has 0 unspecified atom stereocenters. The third kappa shape index (κ3) is 2.77. The summed E-state index contributed by atoms with van der Waals surface area (Å²) >= 11 is 5.01. The molecule has 0 saturated heterocycles. The van der Waals surface area contributed by atoms with Crippen LogP contribution in [0.5, 0.6) is 0 Å². The van der Waals surface area contributed by atoms with Gasteiger partial charge in [-0.2, -0.15) is 5.10 Å². The normalized spacial score (nSPS) is 10.6. The molecule has 0 fully saturated rings. The van der Waals surface area contributed by atoms with Crippen molar-refractivity contribution in [3.8, 4) is 16.3 Å². The van der Waals surface area contributed by atoms with Gasteiger partial charge in [-0.15, -0.1) is 11.3 Å². The van der Waals surface area contributed by atoms with Crippen LogP contribution in [-0.2, 0) is 4.74 Å². The summed E-state index contributed by atoms with van der Waals surface area (Å²) in [6.07, 6.45) is 0. The minimum atomic E-state index is -0.441. The topological polar surface area (TPSA) is 44.1 Å². The van der Waals surface area contributed by atoms with Gasteiger partial charge < -0.3 is 4.74 Å². The third-order valence-electron chi connectivity index (χ3n) is 2.95. The largest absolute Gasteiger partial charge is 0.464 e. The quantitative estimate of drug-likeness (QED) is 0.657. The van der Waals surface area contributed by atoms with E-state index in [9.17, 15) is 4.79 Å². The third-order valence-corrected chi connectivity index (χ3v) is 4.37. The molecule has 0 atom stereocenters. The first-order chi connectivity index (χ1) is 10.2. The maximum atomic E-state index is 11.7. The van der Waals surface area contributed by atoms with Crippen molar-refractivity contribution < 1.29 is 9.53 Å². The van der Waals surface area contributed by atoms with Gasteiger partial charge in [0.25, 0.3) is 0 Å². The van der Waals surface area contributed by atoms with E-state index in [-0.39, 0.29) is 0 Å². The van der Waals surface area contributed by atoms with E-state index >= 15 is 0 Å². The lowest BCUT2D eigenvalue weighted by molar-refractivity contribution is 0.0593. The fraction of sp³-hybridized carbons (Fsp3) is 0.0667. The zero-order valence-corrected chi connectivity index (χ0v) is 13.5. The standard InChI is InChI=1S/C15H11BrN2O2S/c1-20-15(19)12-9-13(14-3-2-8-21-14)18(17-12)11-6-4-10(16)5-7-11/h2-9H,1H3. The lowest BCUT2D eigenvalue weighted by atomic mass is 10.3. The molecule has 0 N–H and O–H groups in total. The highest BCUT2D eigenvalue weighted by molar-refractivity contribution is 9.10. The van der Waals surface area contributed by atoms with E-state index in [4.69, 9.17) is 4.74 Å². The van der Waals surface area contributed by atoms with Gasteiger partial charge in [0.2, 0.25) is 0 Å². The smallest absolute Gasteiger partial charge is 0.358 e. The van der Waals surface area contributed by atoms with Gasteiger partial charge in [0.1, 0.15) is 0 Å². The molecule has 3 rings (SSSR count). The minimum absolute atomic E-state index is 0.295. The average Bonchev–Trinajstić information content (AvgIpc) is 3.16. The van der Waals surface area contributed by atoms with E-state index in [1.54, 1.807) is 22.1 Å². The van der Waals surface area contributed by atoms with Crippen molar-refractivity contribution >= 4 is 33.2 Å². The van der Waals surface area contributed by atoms with E-state index < -0.39 is 5.97 Å². The zero-order valence-electron chi connectivity index (χ0n) is 11.1. The second-order valence-electron chi connectivity index (χ2n) is 4.27. The summed E-state index contributed by atoms with van der Waals surface area (Å²) in [6, 6.07) is 13.5. The SMILES string of the molecule is COC(=O)c1cc(-c2cccs2)n(-c2ccc(Br)cc2)n1. The van der Waals surface area contributed by atoms with Crippen LogP contribution in [0, 0.1) is 0 Å². The Hall–Kier alpha value is -1.92. The van der Waals surface area contributed by atoms with Gasteiger partial charge in [0.15, 0.2) is 5.69 Å². The van der Waals surface area contributed by atoms with Crippen molar-refractivity contribution in [1.29, 1.82) is 0 Å². The summed E-state index contributed by atoms with van der Waals surface area (Å²) in [4.78, 5) is 12.8. The molecule has 1 aromatic carbocycles. The summed E-state index contributed by atoms with van der Waals surface area (Å²) in [5.41, 5.74) is 2.05. The number of esters is 1. The number of benzene rings is 1. The summed E-state index contributed by atoms with van der Waals surface area (Å²) in [6.45, 7) is 0. The van der Waals surface area contributed by atoms with Crippen molar-refractivity contribution in [2.24, 2.45) is 0 Å². The number of halogens is 1. The van der Waals surface area contributed by atoms with Gasteiger partial charge in [0.05, 0.1) is 23.4 Å². The fourth-order valence-corrected chi connectivity index (χ4v) is 2.96. The predicted octanol–water partition coefficient (Wildman–Crippen LogP) is 4.15. The number of rotatable bonds is 3. The molecule has 0 aliphatic heterocycles. The average molecular weight is 363 g/mol. The predicted molar refractivity (Wildman–Crippen MR) is 85.9 cm³/mol. The summed E-state index contributed by atoms with van der Waals surface area (Å²) in [5.74, 6) is -0.441. The van der Waals surface area contributed by atoms with Gasteiger partial charge in [-0.3, -0.25) is 0 Å². The molecule has 0 aliphatic carbocycles. The fourth-order valence-electron chi connectivity index (χ4n) is 1.96. The second-order valence-corrected chi connectivity index (χ2v) is 6.14. The van der Waals surface area contributed by atoms with Gasteiger partial charge in [-0.05, 0) is 35.7 Å². The van der Waals surface area contributed by atoms with Crippen molar-refractivity contribution in [2.75, 3.05) is 7.11 Å². The van der Waals surface area contributed by atoms with Gasteiger partial charge >= 0.3 is 5.97 Å². The number of hydrogen-bond acceptors (Lipinski definition) is 4. The van der Waals surface area contributed by atoms with Crippen molar-refractivity contribution in [1.82, 2.24) is 9.78 Å². The number of methoxy groups -OCH3 is 1. The molecule has 106 valence electrons. The number of carbonyl (C=O) groups excluding carboxylic acids is 1. The van der Waals surface area contributed by atoms with Crippen molar-refractivity contribution in [3.63, 3.8) is 0 Å². The molecular formula is C15H11BrN2O2S. The van der Waals surface area contributed by atoms with Crippen LogP contribution < -0.4 is 0 Å². The molecule has 2 aromatic heterocycles. The van der Waals surface area contributed by atoms with Crippen LogP contribution in [0.15, 0.2) is 52.3 Å². The lowest BCUT2D eigenvalue weighted by Crippen LogP contribution is -2.04. The number of thiophene rings is 1. The van der Waals surface area contributed by atoms with Gasteiger partial charge in [0, 0.05) is 10.5 Å². The van der Waals surface area contributed by atoms with Crippen LogP contribution >= 0.6 is 27.3 Å². The molecule has 0 aliphatic rings. The van der Waals surface area contributed by atoms with Crippen LogP contribution in [0.1, 0.15) is 10.5 Å². The Morgan fingerprint density at radius 1 is 1.29 bits per heavy atom. The Morgan fingerprint density at radius 3 is 2.67 bits per heavy atom. The van der Waals surface area contributed by atoms with Crippen molar-refractivity contribution in [2.45, 2.75) is 0 Å². The summed E-state index contributed by atoms with van der Waals surface area (Å²) in [7, 11) is 1.35. The highest BCUT2D eigenvalue weighted by Gasteiger charge is 2.17. The number of hydrogen-bond donors (Lipinski definition) is 0. The minimum Gasteiger partial charge on any atom is -0.464 e. The molecule has 4 nitrogen and oxygen atoms in total. The van der Waals surface area contributed by atoms with Crippen LogP contribution in [-0.4, -0.2) is 22.9 Å². The van der Waals surface area contributed by atoms with E-state index in [0.29, 0.717) is 5.69 Å². The van der Waals surface area contributed by atoms with E-state index in [0.717, 1.165) is 20.7 Å². The highest BCUT2D eigenvalue weighted by atomic mass is 79.9. The molecule has 6 heteroatoms. The van der Waals surface area contributed by atoms with E-state index in [2.05, 4.69) is 21.0 Å². The Labute approximate surface area is 134 Å². The number of nitrogens with zero attached hydrogens (tertiary/aromatic N) is 2. The molecular weight excluding hydrogens is 352 g/mol. The Balaban J connectivity index is 2.15. The van der Waals surface area contributed by atoms with Crippen LogP contribution in [0.25, 0.3) is 16.3 Å². The van der Waals surface area contributed by atoms with Crippen LogP contribution in [0.3, 0.4) is 0 Å². The molecule has 0 bridgehead atoms. The first-order valence-electron chi connectivity index (χ1n) is 6.17. The summed E-state index contributed by atoms with van der Waals surface area (Å²) in [5, 5.41) is 6.36. The van der Waals surface area contributed by atoms with Crippen LogP contribution in [0.2, 0.25) is 0 Å². The zero-order chi connectivity index (χ0) is 14.8. The molecule has 21 heavy (non-hydrogen) atoms. The second kappa shape index (κ2) is 5.83. The number of carbonyl (C=O) groups is 1. The Bertz CT molecular complexity index is 764. The Morgan fingerprint density at radius 2 is 2.05 bits per heavy atom. The number of ether oxygens (including phenoxy) is 1. The first kappa shape index (κ1) is 14.0. The van der Waals surface area contributed by atoms with E-state index in [1.165, 1.54) is 7.11 Å². The molecule has 0 spiro atoms. The lowest BCUT2D eigenvalue weighted by Gasteiger charge is -2.05. The molecule has 3 aromatic rings. The molecule has 0 radical (unpaired) electrons. The number of aromatic nitrogens is 2. The molecule has 2 heterocycles. The van der Waals surface area contributed by atoms with E-state index in [1.807, 2.05) is 41.8 Å². The molecule has 0 saturated carbocycles. The monoisotopic (exact) mass is 362 g/mol. The Kier molecular flexibility index (Phi) is 3.90. The van der Waals surface area contributed by atoms with Crippen LogP contribution in [0.4, 0.5) is 0 Å². The molecule has 0 amide bonds. The maximum absolute atomic E-state index is 11.7. The van der Waals surface area contributed by atoms with Gasteiger partial charge in [-0.25, -0.2) is 9.48 Å². The highest BCUT2D eigenvalue weighted by Crippen LogP contribution is 2.28. The first-order valence-corrected chi connectivity index (χ1v) is 7.84. The van der Waals surface area contributed by atoms with Crippen molar-refractivity contribution in [3.05, 3.63) is 58.0 Å². The maximum Gasteiger partial charge on any atom is 0.358 e. The van der Waals surface area contributed by atoms with Gasteiger partial charge in [-0.1, -0.05) is 22.0 Å².